The number of nitrogens with zero attached hydrogens (tertiary/aromatic N) is 3. The minimum atomic E-state index is 0.0301. The van der Waals surface area contributed by atoms with Crippen LogP contribution in [0.15, 0.2) is 48.8 Å². The predicted molar refractivity (Wildman–Crippen MR) is 101 cm³/mol. The molecule has 1 aromatic carbocycles. The molecule has 0 radical (unpaired) electrons. The van der Waals surface area contributed by atoms with Crippen LogP contribution in [0.3, 0.4) is 0 Å². The van der Waals surface area contributed by atoms with E-state index in [1.807, 2.05) is 12.4 Å². The lowest BCUT2D eigenvalue weighted by molar-refractivity contribution is -0.118. The number of aromatic nitrogens is 1. The summed E-state index contributed by atoms with van der Waals surface area (Å²) in [7, 11) is 0. The molecule has 5 nitrogen and oxygen atoms in total. The number of anilines is 1. The minimum absolute atomic E-state index is 0.0301. The van der Waals surface area contributed by atoms with E-state index in [2.05, 4.69) is 56.5 Å². The molecule has 1 aliphatic heterocycles. The zero-order valence-corrected chi connectivity index (χ0v) is 14.8. The number of amides is 1. The molecule has 0 unspecified atom stereocenters. The van der Waals surface area contributed by atoms with Crippen molar-refractivity contribution in [3.63, 3.8) is 0 Å². The van der Waals surface area contributed by atoms with Gasteiger partial charge in [0.1, 0.15) is 0 Å². The van der Waals surface area contributed by atoms with Gasteiger partial charge in [0.15, 0.2) is 0 Å². The first kappa shape index (κ1) is 17.4. The van der Waals surface area contributed by atoms with Gasteiger partial charge in [-0.05, 0) is 29.7 Å². The fourth-order valence-electron chi connectivity index (χ4n) is 3.17. The molecule has 1 fully saturated rings. The fraction of sp³-hybridized carbons (Fsp3) is 0.400. The van der Waals surface area contributed by atoms with Crippen molar-refractivity contribution in [1.29, 1.82) is 0 Å². The van der Waals surface area contributed by atoms with Crippen molar-refractivity contribution in [3.8, 4) is 0 Å². The van der Waals surface area contributed by atoms with Crippen LogP contribution in [0.2, 0.25) is 0 Å². The van der Waals surface area contributed by atoms with E-state index in [4.69, 9.17) is 0 Å². The van der Waals surface area contributed by atoms with Gasteiger partial charge in [-0.15, -0.1) is 0 Å². The van der Waals surface area contributed by atoms with E-state index in [1.165, 1.54) is 16.8 Å². The molecule has 1 saturated heterocycles. The van der Waals surface area contributed by atoms with Gasteiger partial charge < -0.3 is 10.2 Å². The van der Waals surface area contributed by atoms with Crippen molar-refractivity contribution in [1.82, 2.24) is 15.2 Å². The first-order chi connectivity index (χ1) is 12.2. The third-order valence-corrected chi connectivity index (χ3v) is 4.62. The molecule has 0 bridgehead atoms. The fourth-order valence-corrected chi connectivity index (χ4v) is 3.17. The number of rotatable bonds is 6. The number of benzene rings is 1. The normalized spacial score (nSPS) is 15.2. The lowest BCUT2D eigenvalue weighted by Gasteiger charge is -2.36. The van der Waals surface area contributed by atoms with Crippen molar-refractivity contribution in [2.24, 2.45) is 0 Å². The summed E-state index contributed by atoms with van der Waals surface area (Å²) in [6.07, 6.45) is 4.59. The zero-order chi connectivity index (χ0) is 17.5. The second-order valence-electron chi connectivity index (χ2n) is 6.52. The molecule has 1 amide bonds. The highest BCUT2D eigenvalue weighted by atomic mass is 16.1. The zero-order valence-electron chi connectivity index (χ0n) is 14.8. The Hall–Kier alpha value is -2.40. The Morgan fingerprint density at radius 2 is 1.64 bits per heavy atom. The first-order valence-corrected chi connectivity index (χ1v) is 8.90. The monoisotopic (exact) mass is 338 g/mol. The van der Waals surface area contributed by atoms with E-state index >= 15 is 0 Å². The van der Waals surface area contributed by atoms with E-state index in [0.29, 0.717) is 6.54 Å². The quantitative estimate of drug-likeness (QED) is 0.876. The van der Waals surface area contributed by atoms with E-state index in [-0.39, 0.29) is 5.91 Å². The summed E-state index contributed by atoms with van der Waals surface area (Å²) in [4.78, 5) is 19.9. The van der Waals surface area contributed by atoms with Crippen molar-refractivity contribution in [2.75, 3.05) is 37.6 Å². The Labute approximate surface area is 149 Å². The molecule has 3 rings (SSSR count). The van der Waals surface area contributed by atoms with Gasteiger partial charge in [-0.3, -0.25) is 14.7 Å². The lowest BCUT2D eigenvalue weighted by Crippen LogP contribution is -2.45. The van der Waals surface area contributed by atoms with Gasteiger partial charge in [0, 0.05) is 64.3 Å². The Bertz CT molecular complexity index is 664. The third-order valence-electron chi connectivity index (χ3n) is 4.62. The van der Waals surface area contributed by atoms with E-state index in [0.717, 1.165) is 39.1 Å². The van der Waals surface area contributed by atoms with Crippen molar-refractivity contribution in [2.45, 2.75) is 19.9 Å². The van der Waals surface area contributed by atoms with Gasteiger partial charge in [-0.25, -0.2) is 0 Å². The van der Waals surface area contributed by atoms with Crippen LogP contribution < -0.4 is 10.2 Å². The molecular formula is C20H26N4O. The average Bonchev–Trinajstić information content (AvgIpc) is 2.64. The number of nitrogens with one attached hydrogen (secondary N) is 1. The number of pyridine rings is 1. The van der Waals surface area contributed by atoms with Crippen LogP contribution in [-0.2, 0) is 17.8 Å². The highest BCUT2D eigenvalue weighted by Crippen LogP contribution is 2.16. The Balaban J connectivity index is 1.45. The highest BCUT2D eigenvalue weighted by Gasteiger charge is 2.17. The molecule has 0 spiro atoms. The van der Waals surface area contributed by atoms with E-state index < -0.39 is 0 Å². The third kappa shape index (κ3) is 5.29. The summed E-state index contributed by atoms with van der Waals surface area (Å²) < 4.78 is 0. The number of piperazine rings is 1. The second-order valence-corrected chi connectivity index (χ2v) is 6.52. The average molecular weight is 338 g/mol. The number of carbonyl (C=O) groups is 1. The maximum Gasteiger partial charge on any atom is 0.216 e. The SMILES string of the molecule is CC(=O)NCCc1ccc(CN2CCN(c3ccncc3)CC2)cc1. The Morgan fingerprint density at radius 1 is 1.00 bits per heavy atom. The van der Waals surface area contributed by atoms with Crippen LogP contribution in [-0.4, -0.2) is 48.5 Å². The number of hydrogen-bond donors (Lipinski definition) is 1. The molecule has 1 N–H and O–H groups in total. The lowest BCUT2D eigenvalue weighted by atomic mass is 10.1. The number of hydrogen-bond acceptors (Lipinski definition) is 4. The summed E-state index contributed by atoms with van der Waals surface area (Å²) in [5, 5.41) is 2.84. The van der Waals surface area contributed by atoms with Crippen molar-refractivity contribution in [3.05, 3.63) is 59.9 Å². The second kappa shape index (κ2) is 8.62. The maximum absolute atomic E-state index is 10.9. The molecule has 2 aromatic rings. The topological polar surface area (TPSA) is 48.5 Å². The number of carbonyl (C=O) groups excluding carboxylic acids is 1. The predicted octanol–water partition coefficient (Wildman–Crippen LogP) is 2.08. The van der Waals surface area contributed by atoms with Gasteiger partial charge in [-0.1, -0.05) is 24.3 Å². The van der Waals surface area contributed by atoms with Gasteiger partial charge in [0.05, 0.1) is 0 Å². The van der Waals surface area contributed by atoms with Crippen LogP contribution in [0, 0.1) is 0 Å². The standard InChI is InChI=1S/C20H26N4O/c1-17(25)22-11-6-18-2-4-19(5-3-18)16-23-12-14-24(15-13-23)20-7-9-21-10-8-20/h2-5,7-10H,6,11-16H2,1H3,(H,22,25). The van der Waals surface area contributed by atoms with E-state index in [1.54, 1.807) is 6.92 Å². The molecule has 1 aromatic heterocycles. The van der Waals surface area contributed by atoms with E-state index in [9.17, 15) is 4.79 Å². The summed E-state index contributed by atoms with van der Waals surface area (Å²) >= 11 is 0. The first-order valence-electron chi connectivity index (χ1n) is 8.90. The van der Waals surface area contributed by atoms with Crippen molar-refractivity contribution < 1.29 is 4.79 Å². The maximum atomic E-state index is 10.9. The molecule has 132 valence electrons. The Morgan fingerprint density at radius 3 is 2.28 bits per heavy atom. The molecule has 5 heteroatoms. The molecule has 25 heavy (non-hydrogen) atoms. The Kier molecular flexibility index (Phi) is 6.01. The molecular weight excluding hydrogens is 312 g/mol. The molecule has 0 saturated carbocycles. The van der Waals surface area contributed by atoms with Crippen molar-refractivity contribution >= 4 is 11.6 Å². The van der Waals surface area contributed by atoms with Gasteiger partial charge in [0.2, 0.25) is 5.91 Å². The largest absolute Gasteiger partial charge is 0.369 e. The minimum Gasteiger partial charge on any atom is -0.369 e. The van der Waals surface area contributed by atoms with Gasteiger partial charge in [-0.2, -0.15) is 0 Å². The van der Waals surface area contributed by atoms with Crippen LogP contribution in [0.25, 0.3) is 0 Å². The van der Waals surface area contributed by atoms with Crippen LogP contribution in [0.4, 0.5) is 5.69 Å². The summed E-state index contributed by atoms with van der Waals surface area (Å²) in [5.74, 6) is 0.0301. The summed E-state index contributed by atoms with van der Waals surface area (Å²) in [6, 6.07) is 12.9. The summed E-state index contributed by atoms with van der Waals surface area (Å²) in [6.45, 7) is 7.51. The van der Waals surface area contributed by atoms with Crippen LogP contribution in [0.1, 0.15) is 18.1 Å². The summed E-state index contributed by atoms with van der Waals surface area (Å²) in [5.41, 5.74) is 3.87. The van der Waals surface area contributed by atoms with Crippen LogP contribution >= 0.6 is 0 Å². The van der Waals surface area contributed by atoms with Gasteiger partial charge in [0.25, 0.3) is 0 Å². The highest BCUT2D eigenvalue weighted by molar-refractivity contribution is 5.72. The van der Waals surface area contributed by atoms with Gasteiger partial charge >= 0.3 is 0 Å². The molecule has 0 atom stereocenters. The smallest absolute Gasteiger partial charge is 0.216 e. The molecule has 2 heterocycles. The molecule has 1 aliphatic rings. The molecule has 0 aliphatic carbocycles. The van der Waals surface area contributed by atoms with Crippen LogP contribution in [0.5, 0.6) is 0 Å².